The molecule has 22 heavy (non-hydrogen) atoms. The Morgan fingerprint density at radius 3 is 2.55 bits per heavy atom. The van der Waals surface area contributed by atoms with Gasteiger partial charge in [0.25, 0.3) is 0 Å². The van der Waals surface area contributed by atoms with Gasteiger partial charge in [-0.1, -0.05) is 20.8 Å². The largest absolute Gasteiger partial charge is 0.378 e. The summed E-state index contributed by atoms with van der Waals surface area (Å²) in [6.45, 7) is 12.4. The highest BCUT2D eigenvalue weighted by Crippen LogP contribution is 2.33. The van der Waals surface area contributed by atoms with Gasteiger partial charge in [-0.3, -0.25) is 4.98 Å². The van der Waals surface area contributed by atoms with Crippen LogP contribution in [0.4, 0.5) is 5.69 Å². The van der Waals surface area contributed by atoms with Crippen LogP contribution in [0.2, 0.25) is 0 Å². The number of nitrogens with zero attached hydrogens (tertiary/aromatic N) is 2. The number of aromatic nitrogens is 1. The molecule has 2 aromatic rings. The number of morpholine rings is 1. The second kappa shape index (κ2) is 6.25. The van der Waals surface area contributed by atoms with Gasteiger partial charge in [-0.05, 0) is 48.6 Å². The van der Waals surface area contributed by atoms with Crippen molar-refractivity contribution in [2.75, 3.05) is 31.2 Å². The number of rotatable bonds is 3. The molecule has 118 valence electrons. The average Bonchev–Trinajstić information content (AvgIpc) is 2.53. The number of benzene rings is 1. The monoisotopic (exact) mass is 298 g/mol. The van der Waals surface area contributed by atoms with Crippen molar-refractivity contribution in [3.63, 3.8) is 0 Å². The van der Waals surface area contributed by atoms with Crippen molar-refractivity contribution < 1.29 is 4.74 Å². The molecule has 0 N–H and O–H groups in total. The quantitative estimate of drug-likeness (QED) is 0.854. The Bertz CT molecular complexity index is 673. The van der Waals surface area contributed by atoms with E-state index in [-0.39, 0.29) is 0 Å². The van der Waals surface area contributed by atoms with Crippen LogP contribution < -0.4 is 4.90 Å². The van der Waals surface area contributed by atoms with Crippen molar-refractivity contribution in [2.24, 2.45) is 0 Å². The van der Waals surface area contributed by atoms with Gasteiger partial charge in [-0.2, -0.15) is 0 Å². The van der Waals surface area contributed by atoms with Crippen LogP contribution in [0.25, 0.3) is 10.9 Å². The fourth-order valence-electron chi connectivity index (χ4n) is 3.25. The number of pyridine rings is 1. The van der Waals surface area contributed by atoms with E-state index in [1.54, 1.807) is 0 Å². The molecule has 3 heteroatoms. The molecule has 1 aromatic carbocycles. The van der Waals surface area contributed by atoms with Crippen LogP contribution in [-0.4, -0.2) is 31.3 Å². The topological polar surface area (TPSA) is 25.4 Å². The highest BCUT2D eigenvalue weighted by atomic mass is 16.5. The Labute approximate surface area is 133 Å². The predicted octanol–water partition coefficient (Wildman–Crippen LogP) is 4.07. The maximum atomic E-state index is 5.51. The zero-order valence-electron chi connectivity index (χ0n) is 14.1. The van der Waals surface area contributed by atoms with E-state index in [9.17, 15) is 0 Å². The van der Waals surface area contributed by atoms with E-state index >= 15 is 0 Å². The van der Waals surface area contributed by atoms with E-state index in [1.165, 1.54) is 22.2 Å². The Morgan fingerprint density at radius 1 is 1.18 bits per heavy atom. The van der Waals surface area contributed by atoms with E-state index in [0.29, 0.717) is 5.92 Å². The maximum absolute atomic E-state index is 5.51. The second-order valence-corrected chi connectivity index (χ2v) is 6.47. The van der Waals surface area contributed by atoms with Crippen LogP contribution >= 0.6 is 0 Å². The van der Waals surface area contributed by atoms with Crippen LogP contribution in [0.1, 0.15) is 43.5 Å². The lowest BCUT2D eigenvalue weighted by Crippen LogP contribution is -2.36. The van der Waals surface area contributed by atoms with E-state index in [2.05, 4.69) is 50.8 Å². The Balaban J connectivity index is 2.25. The van der Waals surface area contributed by atoms with Crippen molar-refractivity contribution in [3.05, 3.63) is 35.0 Å². The van der Waals surface area contributed by atoms with E-state index < -0.39 is 0 Å². The molecule has 3 rings (SSSR count). The highest BCUT2D eigenvalue weighted by molar-refractivity contribution is 5.94. The Morgan fingerprint density at radius 2 is 1.91 bits per heavy atom. The number of fused-ring (bicyclic) bond motifs is 1. The summed E-state index contributed by atoms with van der Waals surface area (Å²) in [5.74, 6) is 0.508. The van der Waals surface area contributed by atoms with Gasteiger partial charge in [0.1, 0.15) is 0 Å². The molecule has 0 saturated carbocycles. The first-order valence-electron chi connectivity index (χ1n) is 8.37. The first-order chi connectivity index (χ1) is 10.6. The van der Waals surface area contributed by atoms with Crippen molar-refractivity contribution >= 4 is 16.6 Å². The minimum Gasteiger partial charge on any atom is -0.378 e. The summed E-state index contributed by atoms with van der Waals surface area (Å²) in [5, 5.41) is 1.32. The van der Waals surface area contributed by atoms with Gasteiger partial charge in [0, 0.05) is 24.2 Å². The molecule has 0 spiro atoms. The molecule has 3 nitrogen and oxygen atoms in total. The lowest BCUT2D eigenvalue weighted by molar-refractivity contribution is 0.123. The molecule has 0 atom stereocenters. The van der Waals surface area contributed by atoms with Gasteiger partial charge in [-0.25, -0.2) is 0 Å². The van der Waals surface area contributed by atoms with Crippen molar-refractivity contribution in [3.8, 4) is 0 Å². The SMILES string of the molecule is CCc1cc(N2CCOCC2)c2nc(C)cc(C(C)C)c2c1. The molecule has 0 amide bonds. The van der Waals surface area contributed by atoms with E-state index in [4.69, 9.17) is 9.72 Å². The highest BCUT2D eigenvalue weighted by Gasteiger charge is 2.18. The molecule has 2 heterocycles. The minimum atomic E-state index is 0.508. The second-order valence-electron chi connectivity index (χ2n) is 6.47. The van der Waals surface area contributed by atoms with E-state index in [1.807, 2.05) is 0 Å². The smallest absolute Gasteiger partial charge is 0.0941 e. The summed E-state index contributed by atoms with van der Waals surface area (Å²) in [6.07, 6.45) is 1.05. The van der Waals surface area contributed by atoms with Crippen LogP contribution in [-0.2, 0) is 11.2 Å². The lowest BCUT2D eigenvalue weighted by Gasteiger charge is -2.30. The van der Waals surface area contributed by atoms with Gasteiger partial charge in [0.05, 0.1) is 24.4 Å². The average molecular weight is 298 g/mol. The summed E-state index contributed by atoms with van der Waals surface area (Å²) in [5.41, 5.74) is 6.34. The molecule has 0 bridgehead atoms. The molecule has 1 aromatic heterocycles. The van der Waals surface area contributed by atoms with Crippen molar-refractivity contribution in [2.45, 2.75) is 40.0 Å². The fraction of sp³-hybridized carbons (Fsp3) is 0.526. The van der Waals surface area contributed by atoms with Gasteiger partial charge in [0.15, 0.2) is 0 Å². The third kappa shape index (κ3) is 2.82. The van der Waals surface area contributed by atoms with Crippen molar-refractivity contribution in [1.82, 2.24) is 4.98 Å². The molecular formula is C19H26N2O. The zero-order chi connectivity index (χ0) is 15.7. The summed E-state index contributed by atoms with van der Waals surface area (Å²) >= 11 is 0. The van der Waals surface area contributed by atoms with E-state index in [0.717, 1.165) is 43.9 Å². The fourth-order valence-corrected chi connectivity index (χ4v) is 3.25. The van der Waals surface area contributed by atoms with Crippen LogP contribution in [0.5, 0.6) is 0 Å². The van der Waals surface area contributed by atoms with Crippen LogP contribution in [0.15, 0.2) is 18.2 Å². The van der Waals surface area contributed by atoms with Gasteiger partial charge in [0.2, 0.25) is 0 Å². The molecule has 1 aliphatic rings. The number of anilines is 1. The van der Waals surface area contributed by atoms with Gasteiger partial charge in [-0.15, -0.1) is 0 Å². The third-order valence-electron chi connectivity index (χ3n) is 4.50. The summed E-state index contributed by atoms with van der Waals surface area (Å²) in [4.78, 5) is 7.32. The number of ether oxygens (including phenoxy) is 1. The minimum absolute atomic E-state index is 0.508. The molecule has 0 aliphatic carbocycles. The van der Waals surface area contributed by atoms with Crippen LogP contribution in [0.3, 0.4) is 0 Å². The maximum Gasteiger partial charge on any atom is 0.0941 e. The first-order valence-corrected chi connectivity index (χ1v) is 8.37. The molecule has 0 unspecified atom stereocenters. The molecule has 1 aliphatic heterocycles. The Hall–Kier alpha value is -1.61. The predicted molar refractivity (Wildman–Crippen MR) is 93.0 cm³/mol. The summed E-state index contributed by atoms with van der Waals surface area (Å²) in [6, 6.07) is 6.90. The zero-order valence-corrected chi connectivity index (χ0v) is 14.1. The number of hydrogen-bond donors (Lipinski definition) is 0. The molecular weight excluding hydrogens is 272 g/mol. The lowest BCUT2D eigenvalue weighted by atomic mass is 9.95. The first kappa shape index (κ1) is 15.3. The third-order valence-corrected chi connectivity index (χ3v) is 4.50. The molecule has 1 fully saturated rings. The van der Waals surface area contributed by atoms with Gasteiger partial charge < -0.3 is 9.64 Å². The van der Waals surface area contributed by atoms with Crippen LogP contribution in [0, 0.1) is 6.92 Å². The summed E-state index contributed by atoms with van der Waals surface area (Å²) in [7, 11) is 0. The number of hydrogen-bond acceptors (Lipinski definition) is 3. The Kier molecular flexibility index (Phi) is 4.34. The normalized spacial score (nSPS) is 15.8. The van der Waals surface area contributed by atoms with Gasteiger partial charge >= 0.3 is 0 Å². The molecule has 0 radical (unpaired) electrons. The summed E-state index contributed by atoms with van der Waals surface area (Å²) < 4.78 is 5.51. The molecule has 1 saturated heterocycles. The standard InChI is InChI=1S/C19H26N2O/c1-5-15-11-17-16(13(2)3)10-14(4)20-19(17)18(12-15)21-6-8-22-9-7-21/h10-13H,5-9H2,1-4H3. The number of aryl methyl sites for hydroxylation is 2. The van der Waals surface area contributed by atoms with Crippen molar-refractivity contribution in [1.29, 1.82) is 0 Å².